The summed E-state index contributed by atoms with van der Waals surface area (Å²) in [4.78, 5) is 0. The molecule has 2 N–H and O–H groups in total. The molecule has 1 aliphatic heterocycles. The minimum absolute atomic E-state index is 0.0113. The fraction of sp³-hybridized carbons (Fsp3) is 0.538. The summed E-state index contributed by atoms with van der Waals surface area (Å²) in [6, 6.07) is 5.94. The van der Waals surface area contributed by atoms with Gasteiger partial charge in [0.2, 0.25) is 0 Å². The lowest BCUT2D eigenvalue weighted by atomic mass is 10.1. The van der Waals surface area contributed by atoms with Crippen LogP contribution in [0.2, 0.25) is 0 Å². The standard InChI is InChI=1S/C13H19NO2/c1-3-9(4-2)16-10-5-6-11-12(14)8-15-13(11)7-10/h5-7,9,12H,3-4,8,14H2,1-2H3. The van der Waals surface area contributed by atoms with Crippen molar-refractivity contribution >= 4 is 0 Å². The van der Waals surface area contributed by atoms with Crippen molar-refractivity contribution in [3.8, 4) is 11.5 Å². The third-order valence-corrected chi connectivity index (χ3v) is 3.02. The van der Waals surface area contributed by atoms with Crippen LogP contribution in [-0.4, -0.2) is 12.7 Å². The van der Waals surface area contributed by atoms with Gasteiger partial charge in [0.05, 0.1) is 12.1 Å². The summed E-state index contributed by atoms with van der Waals surface area (Å²) < 4.78 is 11.3. The van der Waals surface area contributed by atoms with Gasteiger partial charge in [-0.15, -0.1) is 0 Å². The van der Waals surface area contributed by atoms with Gasteiger partial charge in [0, 0.05) is 11.6 Å². The Morgan fingerprint density at radius 2 is 2.19 bits per heavy atom. The molecule has 0 aromatic heterocycles. The van der Waals surface area contributed by atoms with E-state index in [0.29, 0.717) is 6.61 Å². The Bertz CT molecular complexity index is 361. The Balaban J connectivity index is 2.13. The van der Waals surface area contributed by atoms with E-state index < -0.39 is 0 Å². The number of hydrogen-bond acceptors (Lipinski definition) is 3. The number of hydrogen-bond donors (Lipinski definition) is 1. The Kier molecular flexibility index (Phi) is 3.34. The van der Waals surface area contributed by atoms with Crippen molar-refractivity contribution in [1.82, 2.24) is 0 Å². The average Bonchev–Trinajstić information content (AvgIpc) is 2.68. The van der Waals surface area contributed by atoms with Gasteiger partial charge in [-0.1, -0.05) is 13.8 Å². The average molecular weight is 221 g/mol. The monoisotopic (exact) mass is 221 g/mol. The molecule has 0 amide bonds. The maximum atomic E-state index is 5.88. The van der Waals surface area contributed by atoms with E-state index in [1.807, 2.05) is 18.2 Å². The first-order valence-corrected chi connectivity index (χ1v) is 5.93. The van der Waals surface area contributed by atoms with E-state index in [1.54, 1.807) is 0 Å². The van der Waals surface area contributed by atoms with Crippen molar-refractivity contribution < 1.29 is 9.47 Å². The van der Waals surface area contributed by atoms with E-state index in [2.05, 4.69) is 13.8 Å². The molecule has 0 spiro atoms. The number of ether oxygens (including phenoxy) is 2. The van der Waals surface area contributed by atoms with E-state index in [9.17, 15) is 0 Å². The molecule has 1 aliphatic rings. The second kappa shape index (κ2) is 4.74. The van der Waals surface area contributed by atoms with Gasteiger partial charge in [0.1, 0.15) is 18.1 Å². The summed E-state index contributed by atoms with van der Waals surface area (Å²) in [5.41, 5.74) is 6.96. The summed E-state index contributed by atoms with van der Waals surface area (Å²) in [7, 11) is 0. The molecule has 1 aromatic rings. The van der Waals surface area contributed by atoms with Crippen LogP contribution < -0.4 is 15.2 Å². The van der Waals surface area contributed by atoms with Crippen LogP contribution in [0.3, 0.4) is 0 Å². The van der Waals surface area contributed by atoms with Crippen LogP contribution in [0, 0.1) is 0 Å². The molecule has 0 radical (unpaired) electrons. The lowest BCUT2D eigenvalue weighted by Crippen LogP contribution is -2.13. The third kappa shape index (κ3) is 2.14. The van der Waals surface area contributed by atoms with Gasteiger partial charge >= 0.3 is 0 Å². The minimum Gasteiger partial charge on any atom is -0.491 e. The van der Waals surface area contributed by atoms with Crippen molar-refractivity contribution in [2.45, 2.75) is 38.8 Å². The fourth-order valence-corrected chi connectivity index (χ4v) is 1.94. The molecular weight excluding hydrogens is 202 g/mol. The highest BCUT2D eigenvalue weighted by molar-refractivity contribution is 5.44. The van der Waals surface area contributed by atoms with E-state index >= 15 is 0 Å². The summed E-state index contributed by atoms with van der Waals surface area (Å²) in [6.07, 6.45) is 2.33. The van der Waals surface area contributed by atoms with Gasteiger partial charge in [0.25, 0.3) is 0 Å². The highest BCUT2D eigenvalue weighted by Crippen LogP contribution is 2.34. The van der Waals surface area contributed by atoms with Crippen molar-refractivity contribution in [3.63, 3.8) is 0 Å². The van der Waals surface area contributed by atoms with Gasteiger partial charge in [-0.3, -0.25) is 0 Å². The van der Waals surface area contributed by atoms with E-state index in [1.165, 1.54) is 0 Å². The summed E-state index contributed by atoms with van der Waals surface area (Å²) in [5.74, 6) is 1.75. The third-order valence-electron chi connectivity index (χ3n) is 3.02. The highest BCUT2D eigenvalue weighted by Gasteiger charge is 2.21. The smallest absolute Gasteiger partial charge is 0.127 e. The molecule has 0 saturated heterocycles. The molecule has 16 heavy (non-hydrogen) atoms. The van der Waals surface area contributed by atoms with Crippen molar-refractivity contribution in [3.05, 3.63) is 23.8 Å². The zero-order chi connectivity index (χ0) is 11.5. The number of rotatable bonds is 4. The minimum atomic E-state index is 0.0113. The van der Waals surface area contributed by atoms with Gasteiger partial charge < -0.3 is 15.2 Å². The normalized spacial score (nSPS) is 18.4. The molecule has 3 heteroatoms. The second-order valence-corrected chi connectivity index (χ2v) is 4.17. The van der Waals surface area contributed by atoms with Crippen LogP contribution in [0.15, 0.2) is 18.2 Å². The predicted molar refractivity (Wildman–Crippen MR) is 63.9 cm³/mol. The molecule has 0 aliphatic carbocycles. The van der Waals surface area contributed by atoms with Gasteiger partial charge in [-0.05, 0) is 25.0 Å². The van der Waals surface area contributed by atoms with Gasteiger partial charge in [-0.25, -0.2) is 0 Å². The first kappa shape index (κ1) is 11.3. The predicted octanol–water partition coefficient (Wildman–Crippen LogP) is 2.65. The lowest BCUT2D eigenvalue weighted by molar-refractivity contribution is 0.192. The molecule has 1 aromatic carbocycles. The topological polar surface area (TPSA) is 44.5 Å². The van der Waals surface area contributed by atoms with Crippen molar-refractivity contribution in [1.29, 1.82) is 0 Å². The number of fused-ring (bicyclic) bond motifs is 1. The van der Waals surface area contributed by atoms with E-state index in [-0.39, 0.29) is 12.1 Å². The van der Waals surface area contributed by atoms with E-state index in [4.69, 9.17) is 15.2 Å². The number of nitrogens with two attached hydrogens (primary N) is 1. The quantitative estimate of drug-likeness (QED) is 0.850. The Labute approximate surface area is 96.5 Å². The molecule has 1 atom stereocenters. The Morgan fingerprint density at radius 1 is 1.44 bits per heavy atom. The lowest BCUT2D eigenvalue weighted by Gasteiger charge is -2.16. The molecule has 88 valence electrons. The van der Waals surface area contributed by atoms with Crippen LogP contribution in [-0.2, 0) is 0 Å². The summed E-state index contributed by atoms with van der Waals surface area (Å²) in [5, 5.41) is 0. The maximum absolute atomic E-state index is 5.88. The molecule has 3 nitrogen and oxygen atoms in total. The molecule has 0 fully saturated rings. The Morgan fingerprint density at radius 3 is 2.88 bits per heavy atom. The van der Waals surface area contributed by atoms with Gasteiger partial charge in [-0.2, -0.15) is 0 Å². The maximum Gasteiger partial charge on any atom is 0.127 e. The van der Waals surface area contributed by atoms with E-state index in [0.717, 1.165) is 29.9 Å². The van der Waals surface area contributed by atoms with Crippen molar-refractivity contribution in [2.24, 2.45) is 5.73 Å². The molecule has 1 heterocycles. The fourth-order valence-electron chi connectivity index (χ4n) is 1.94. The van der Waals surface area contributed by atoms with Gasteiger partial charge in [0.15, 0.2) is 0 Å². The summed E-state index contributed by atoms with van der Waals surface area (Å²) in [6.45, 7) is 4.84. The SMILES string of the molecule is CCC(CC)Oc1ccc2c(c1)OCC2N. The summed E-state index contributed by atoms with van der Waals surface area (Å²) >= 11 is 0. The molecule has 0 bridgehead atoms. The first-order valence-electron chi connectivity index (χ1n) is 5.93. The zero-order valence-electron chi connectivity index (χ0n) is 9.90. The Hall–Kier alpha value is -1.22. The van der Waals surface area contributed by atoms with Crippen LogP contribution in [0.5, 0.6) is 11.5 Å². The van der Waals surface area contributed by atoms with Crippen LogP contribution in [0.25, 0.3) is 0 Å². The highest BCUT2D eigenvalue weighted by atomic mass is 16.5. The largest absolute Gasteiger partial charge is 0.491 e. The molecular formula is C13H19NO2. The van der Waals surface area contributed by atoms with Crippen LogP contribution >= 0.6 is 0 Å². The van der Waals surface area contributed by atoms with Crippen molar-refractivity contribution in [2.75, 3.05) is 6.61 Å². The van der Waals surface area contributed by atoms with Crippen LogP contribution in [0.4, 0.5) is 0 Å². The van der Waals surface area contributed by atoms with Crippen LogP contribution in [0.1, 0.15) is 38.3 Å². The molecule has 1 unspecified atom stereocenters. The molecule has 2 rings (SSSR count). The molecule has 0 saturated carbocycles. The first-order chi connectivity index (χ1) is 7.74. The number of benzene rings is 1. The zero-order valence-corrected chi connectivity index (χ0v) is 9.90. The second-order valence-electron chi connectivity index (χ2n) is 4.17.